The standard InChI is InChI=1S/C11H13F2NO/c12-11(13)8-2-1-7-4-10(6-15)14-5-9(7)3-8/h1-3,10-11,14-15H,4-6H2. The largest absolute Gasteiger partial charge is 0.395 e. The van der Waals surface area contributed by atoms with Crippen molar-refractivity contribution in [1.82, 2.24) is 5.32 Å². The summed E-state index contributed by atoms with van der Waals surface area (Å²) in [4.78, 5) is 0. The lowest BCUT2D eigenvalue weighted by atomic mass is 9.94. The van der Waals surface area contributed by atoms with Crippen molar-refractivity contribution in [3.8, 4) is 0 Å². The number of rotatable bonds is 2. The summed E-state index contributed by atoms with van der Waals surface area (Å²) in [5.41, 5.74) is 2.03. The van der Waals surface area contributed by atoms with Crippen LogP contribution < -0.4 is 5.32 Å². The van der Waals surface area contributed by atoms with Gasteiger partial charge in [0.2, 0.25) is 0 Å². The molecule has 1 aliphatic rings. The minimum absolute atomic E-state index is 0.0508. The lowest BCUT2D eigenvalue weighted by Crippen LogP contribution is -2.38. The molecule has 0 bridgehead atoms. The van der Waals surface area contributed by atoms with Gasteiger partial charge in [0.05, 0.1) is 6.61 Å². The van der Waals surface area contributed by atoms with Crippen LogP contribution >= 0.6 is 0 Å². The van der Waals surface area contributed by atoms with E-state index in [1.54, 1.807) is 12.1 Å². The van der Waals surface area contributed by atoms with E-state index in [0.29, 0.717) is 13.0 Å². The molecule has 0 aromatic heterocycles. The van der Waals surface area contributed by atoms with Gasteiger partial charge >= 0.3 is 0 Å². The van der Waals surface area contributed by atoms with Gasteiger partial charge in [-0.3, -0.25) is 0 Å². The molecule has 1 heterocycles. The van der Waals surface area contributed by atoms with E-state index in [9.17, 15) is 8.78 Å². The van der Waals surface area contributed by atoms with E-state index in [2.05, 4.69) is 5.32 Å². The van der Waals surface area contributed by atoms with Gasteiger partial charge in [-0.2, -0.15) is 0 Å². The van der Waals surface area contributed by atoms with Crippen molar-refractivity contribution in [3.63, 3.8) is 0 Å². The van der Waals surface area contributed by atoms with E-state index in [1.807, 2.05) is 0 Å². The van der Waals surface area contributed by atoms with Crippen LogP contribution in [0.3, 0.4) is 0 Å². The lowest BCUT2D eigenvalue weighted by Gasteiger charge is -2.25. The van der Waals surface area contributed by atoms with Gasteiger partial charge in [-0.25, -0.2) is 8.78 Å². The fourth-order valence-electron chi connectivity index (χ4n) is 1.87. The summed E-state index contributed by atoms with van der Waals surface area (Å²) in [7, 11) is 0. The molecule has 1 aliphatic heterocycles. The van der Waals surface area contributed by atoms with E-state index < -0.39 is 6.43 Å². The molecule has 1 unspecified atom stereocenters. The smallest absolute Gasteiger partial charge is 0.263 e. The van der Waals surface area contributed by atoms with Crippen LogP contribution in [0.15, 0.2) is 18.2 Å². The summed E-state index contributed by atoms with van der Waals surface area (Å²) in [6, 6.07) is 4.79. The number of aliphatic hydroxyl groups excluding tert-OH is 1. The Kier molecular flexibility index (Phi) is 2.98. The number of hydrogen-bond acceptors (Lipinski definition) is 2. The molecule has 4 heteroatoms. The van der Waals surface area contributed by atoms with Crippen LogP contribution in [-0.2, 0) is 13.0 Å². The van der Waals surface area contributed by atoms with Crippen LogP contribution in [0, 0.1) is 0 Å². The number of aliphatic hydroxyl groups is 1. The third-order valence-electron chi connectivity index (χ3n) is 2.75. The molecule has 0 fully saturated rings. The average Bonchev–Trinajstić information content (AvgIpc) is 2.27. The molecule has 1 aromatic rings. The lowest BCUT2D eigenvalue weighted by molar-refractivity contribution is 0.151. The average molecular weight is 213 g/mol. The normalized spacial score (nSPS) is 20.4. The molecular formula is C11H13F2NO. The first-order valence-corrected chi connectivity index (χ1v) is 4.95. The Labute approximate surface area is 86.9 Å². The molecule has 0 spiro atoms. The van der Waals surface area contributed by atoms with Crippen LogP contribution in [-0.4, -0.2) is 17.8 Å². The molecule has 2 N–H and O–H groups in total. The fraction of sp³-hybridized carbons (Fsp3) is 0.455. The molecule has 1 aromatic carbocycles. The van der Waals surface area contributed by atoms with Gasteiger partial charge in [-0.1, -0.05) is 12.1 Å². The van der Waals surface area contributed by atoms with Gasteiger partial charge < -0.3 is 10.4 Å². The van der Waals surface area contributed by atoms with Crippen molar-refractivity contribution in [2.24, 2.45) is 0 Å². The van der Waals surface area contributed by atoms with Crippen LogP contribution in [0.2, 0.25) is 0 Å². The summed E-state index contributed by atoms with van der Waals surface area (Å²) in [6.07, 6.45) is -1.71. The second-order valence-corrected chi connectivity index (χ2v) is 3.79. The second-order valence-electron chi connectivity index (χ2n) is 3.79. The number of alkyl halides is 2. The van der Waals surface area contributed by atoms with E-state index in [4.69, 9.17) is 5.11 Å². The van der Waals surface area contributed by atoms with E-state index in [-0.39, 0.29) is 18.2 Å². The maximum atomic E-state index is 12.4. The van der Waals surface area contributed by atoms with Gasteiger partial charge in [0.15, 0.2) is 0 Å². The molecule has 15 heavy (non-hydrogen) atoms. The first-order valence-electron chi connectivity index (χ1n) is 4.95. The van der Waals surface area contributed by atoms with Crippen LogP contribution in [0.1, 0.15) is 23.1 Å². The highest BCUT2D eigenvalue weighted by molar-refractivity contribution is 5.34. The highest BCUT2D eigenvalue weighted by Gasteiger charge is 2.18. The zero-order chi connectivity index (χ0) is 10.8. The molecule has 0 aliphatic carbocycles. The Hall–Kier alpha value is -1.00. The molecule has 0 amide bonds. The summed E-state index contributed by atoms with van der Waals surface area (Å²) < 4.78 is 24.8. The summed E-state index contributed by atoms with van der Waals surface area (Å²) in [5, 5.41) is 12.1. The number of nitrogens with one attached hydrogen (secondary N) is 1. The van der Waals surface area contributed by atoms with Crippen molar-refractivity contribution >= 4 is 0 Å². The van der Waals surface area contributed by atoms with Crippen molar-refractivity contribution in [1.29, 1.82) is 0 Å². The first-order chi connectivity index (χ1) is 7.20. The third-order valence-corrected chi connectivity index (χ3v) is 2.75. The molecule has 0 saturated heterocycles. The second kappa shape index (κ2) is 4.24. The van der Waals surface area contributed by atoms with Crippen molar-refractivity contribution < 1.29 is 13.9 Å². The zero-order valence-electron chi connectivity index (χ0n) is 8.21. The maximum absolute atomic E-state index is 12.4. The molecule has 2 nitrogen and oxygen atoms in total. The van der Waals surface area contributed by atoms with Crippen LogP contribution in [0.5, 0.6) is 0 Å². The minimum atomic E-state index is -2.41. The molecule has 82 valence electrons. The molecule has 0 radical (unpaired) electrons. The zero-order valence-corrected chi connectivity index (χ0v) is 8.21. The predicted molar refractivity (Wildman–Crippen MR) is 52.8 cm³/mol. The SMILES string of the molecule is OCC1Cc2ccc(C(F)F)cc2CN1. The fourth-order valence-corrected chi connectivity index (χ4v) is 1.87. The van der Waals surface area contributed by atoms with Crippen molar-refractivity contribution in [3.05, 3.63) is 34.9 Å². The number of halogens is 2. The number of hydrogen-bond donors (Lipinski definition) is 2. The highest BCUT2D eigenvalue weighted by atomic mass is 19.3. The Morgan fingerprint density at radius 2 is 2.20 bits per heavy atom. The van der Waals surface area contributed by atoms with E-state index in [1.165, 1.54) is 6.07 Å². The number of benzene rings is 1. The van der Waals surface area contributed by atoms with Crippen molar-refractivity contribution in [2.75, 3.05) is 6.61 Å². The molecule has 0 saturated carbocycles. The maximum Gasteiger partial charge on any atom is 0.263 e. The third kappa shape index (κ3) is 2.16. The van der Waals surface area contributed by atoms with E-state index in [0.717, 1.165) is 11.1 Å². The van der Waals surface area contributed by atoms with Crippen molar-refractivity contribution in [2.45, 2.75) is 25.4 Å². The monoisotopic (exact) mass is 213 g/mol. The Morgan fingerprint density at radius 3 is 2.87 bits per heavy atom. The molecular weight excluding hydrogens is 200 g/mol. The first kappa shape index (κ1) is 10.5. The van der Waals surface area contributed by atoms with Gasteiger partial charge in [0.25, 0.3) is 6.43 Å². The van der Waals surface area contributed by atoms with E-state index >= 15 is 0 Å². The minimum Gasteiger partial charge on any atom is -0.395 e. The van der Waals surface area contributed by atoms with Gasteiger partial charge in [0.1, 0.15) is 0 Å². The Balaban J connectivity index is 2.24. The van der Waals surface area contributed by atoms with Crippen LogP contribution in [0.25, 0.3) is 0 Å². The highest BCUT2D eigenvalue weighted by Crippen LogP contribution is 2.24. The van der Waals surface area contributed by atoms with Gasteiger partial charge in [-0.15, -0.1) is 0 Å². The summed E-state index contributed by atoms with van der Waals surface area (Å²) in [5.74, 6) is 0. The molecule has 2 rings (SSSR count). The summed E-state index contributed by atoms with van der Waals surface area (Å²) >= 11 is 0. The molecule has 1 atom stereocenters. The Morgan fingerprint density at radius 1 is 1.40 bits per heavy atom. The number of fused-ring (bicyclic) bond motifs is 1. The van der Waals surface area contributed by atoms with Gasteiger partial charge in [0, 0.05) is 18.2 Å². The Bertz CT molecular complexity index is 354. The topological polar surface area (TPSA) is 32.3 Å². The van der Waals surface area contributed by atoms with Crippen LogP contribution in [0.4, 0.5) is 8.78 Å². The predicted octanol–water partition coefficient (Wildman–Crippen LogP) is 1.63. The summed E-state index contributed by atoms with van der Waals surface area (Å²) in [6.45, 7) is 0.636. The van der Waals surface area contributed by atoms with Gasteiger partial charge in [-0.05, 0) is 23.6 Å². The quantitative estimate of drug-likeness (QED) is 0.782.